The van der Waals surface area contributed by atoms with E-state index in [1.807, 2.05) is 24.4 Å². The first-order chi connectivity index (χ1) is 9.28. The molecule has 0 aromatic carbocycles. The minimum Gasteiger partial charge on any atom is -0.467 e. The van der Waals surface area contributed by atoms with E-state index in [0.717, 1.165) is 10.6 Å². The summed E-state index contributed by atoms with van der Waals surface area (Å²) in [5.74, 6) is 0.976. The van der Waals surface area contributed by atoms with Gasteiger partial charge < -0.3 is 9.26 Å². The fourth-order valence-corrected chi connectivity index (χ4v) is 2.24. The summed E-state index contributed by atoms with van der Waals surface area (Å²) in [5.41, 5.74) is 1.43. The number of ether oxygens (including phenoxy) is 1. The molecule has 0 aliphatic rings. The fraction of sp³-hybridized carbons (Fsp3) is 0.167. The van der Waals surface area contributed by atoms with Crippen molar-refractivity contribution in [3.8, 4) is 28.2 Å². The lowest BCUT2D eigenvalue weighted by atomic mass is 10.2. The van der Waals surface area contributed by atoms with Crippen LogP contribution < -0.4 is 4.74 Å². The van der Waals surface area contributed by atoms with Crippen LogP contribution in [0.3, 0.4) is 0 Å². The zero-order valence-corrected chi connectivity index (χ0v) is 11.1. The molecule has 3 heterocycles. The molecule has 7 heteroatoms. The van der Waals surface area contributed by atoms with Crippen LogP contribution in [-0.2, 0) is 0 Å². The highest BCUT2D eigenvalue weighted by Crippen LogP contribution is 2.26. The molecule has 0 unspecified atom stereocenters. The van der Waals surface area contributed by atoms with Gasteiger partial charge in [0.15, 0.2) is 0 Å². The summed E-state index contributed by atoms with van der Waals surface area (Å²) in [5, 5.41) is 5.92. The highest BCUT2D eigenvalue weighted by molar-refractivity contribution is 7.13. The molecule has 0 fully saturated rings. The SMILES string of the molecule is COc1ncc(-c2nc(-c3cccs3)no2)c(C)n1. The molecule has 0 amide bonds. The van der Waals surface area contributed by atoms with Crippen molar-refractivity contribution in [1.29, 1.82) is 0 Å². The molecule has 0 N–H and O–H groups in total. The number of aryl methyl sites for hydroxylation is 1. The molecule has 96 valence electrons. The molecule has 0 saturated heterocycles. The normalized spacial score (nSPS) is 10.6. The van der Waals surface area contributed by atoms with Gasteiger partial charge in [-0.05, 0) is 18.4 Å². The Hall–Kier alpha value is -2.28. The van der Waals surface area contributed by atoms with Crippen LogP contribution in [0.4, 0.5) is 0 Å². The van der Waals surface area contributed by atoms with Crippen molar-refractivity contribution in [3.05, 3.63) is 29.4 Å². The van der Waals surface area contributed by atoms with Gasteiger partial charge in [0, 0.05) is 6.20 Å². The van der Waals surface area contributed by atoms with Crippen molar-refractivity contribution in [3.63, 3.8) is 0 Å². The van der Waals surface area contributed by atoms with E-state index in [1.54, 1.807) is 17.5 Å². The average Bonchev–Trinajstić information content (AvgIpc) is 3.09. The maximum atomic E-state index is 5.25. The van der Waals surface area contributed by atoms with Gasteiger partial charge in [-0.25, -0.2) is 4.98 Å². The molecular weight excluding hydrogens is 264 g/mol. The van der Waals surface area contributed by atoms with Crippen LogP contribution in [0.15, 0.2) is 28.2 Å². The molecule has 0 atom stereocenters. The quantitative estimate of drug-likeness (QED) is 0.730. The Labute approximate surface area is 113 Å². The number of aromatic nitrogens is 4. The predicted molar refractivity (Wildman–Crippen MR) is 69.9 cm³/mol. The van der Waals surface area contributed by atoms with Gasteiger partial charge in [-0.2, -0.15) is 9.97 Å². The third kappa shape index (κ3) is 2.19. The number of methoxy groups -OCH3 is 1. The minimum atomic E-state index is 0.319. The Morgan fingerprint density at radius 2 is 2.21 bits per heavy atom. The Morgan fingerprint density at radius 3 is 2.89 bits per heavy atom. The number of rotatable bonds is 3. The third-order valence-electron chi connectivity index (χ3n) is 2.54. The maximum absolute atomic E-state index is 5.25. The lowest BCUT2D eigenvalue weighted by Crippen LogP contribution is -1.96. The van der Waals surface area contributed by atoms with Crippen LogP contribution in [0, 0.1) is 6.92 Å². The van der Waals surface area contributed by atoms with Gasteiger partial charge in [0.05, 0.1) is 23.2 Å². The average molecular weight is 274 g/mol. The molecule has 3 aromatic rings. The summed E-state index contributed by atoms with van der Waals surface area (Å²) in [6.07, 6.45) is 1.62. The van der Waals surface area contributed by atoms with Crippen molar-refractivity contribution >= 4 is 11.3 Å². The van der Waals surface area contributed by atoms with Gasteiger partial charge in [-0.3, -0.25) is 0 Å². The van der Waals surface area contributed by atoms with Gasteiger partial charge in [-0.1, -0.05) is 11.2 Å². The lowest BCUT2D eigenvalue weighted by Gasteiger charge is -2.01. The molecule has 6 nitrogen and oxygen atoms in total. The molecule has 0 bridgehead atoms. The van der Waals surface area contributed by atoms with E-state index < -0.39 is 0 Å². The van der Waals surface area contributed by atoms with Crippen molar-refractivity contribution in [1.82, 2.24) is 20.1 Å². The van der Waals surface area contributed by atoms with E-state index in [4.69, 9.17) is 9.26 Å². The Kier molecular flexibility index (Phi) is 2.96. The van der Waals surface area contributed by atoms with Crippen molar-refractivity contribution in [2.45, 2.75) is 6.92 Å². The fourth-order valence-electron chi connectivity index (χ4n) is 1.59. The first-order valence-corrected chi connectivity index (χ1v) is 6.41. The monoisotopic (exact) mass is 274 g/mol. The van der Waals surface area contributed by atoms with Crippen LogP contribution >= 0.6 is 11.3 Å². The predicted octanol–water partition coefficient (Wildman–Crippen LogP) is 2.57. The second kappa shape index (κ2) is 4.77. The summed E-state index contributed by atoms with van der Waals surface area (Å²) < 4.78 is 10.2. The number of hydrogen-bond donors (Lipinski definition) is 0. The second-order valence-corrected chi connectivity index (χ2v) is 4.70. The van der Waals surface area contributed by atoms with Crippen molar-refractivity contribution < 1.29 is 9.26 Å². The molecule has 3 rings (SSSR count). The van der Waals surface area contributed by atoms with Gasteiger partial charge in [0.2, 0.25) is 5.82 Å². The lowest BCUT2D eigenvalue weighted by molar-refractivity contribution is 0.378. The van der Waals surface area contributed by atoms with Gasteiger partial charge in [-0.15, -0.1) is 11.3 Å². The van der Waals surface area contributed by atoms with Crippen LogP contribution in [-0.4, -0.2) is 27.2 Å². The molecule has 3 aromatic heterocycles. The maximum Gasteiger partial charge on any atom is 0.316 e. The molecule has 0 saturated carbocycles. The van der Waals surface area contributed by atoms with Crippen LogP contribution in [0.25, 0.3) is 22.2 Å². The summed E-state index contributed by atoms with van der Waals surface area (Å²) in [4.78, 5) is 13.5. The van der Waals surface area contributed by atoms with Crippen molar-refractivity contribution in [2.75, 3.05) is 7.11 Å². The van der Waals surface area contributed by atoms with Crippen molar-refractivity contribution in [2.24, 2.45) is 0 Å². The molecule has 0 aliphatic heterocycles. The minimum absolute atomic E-state index is 0.319. The molecule has 19 heavy (non-hydrogen) atoms. The molecular formula is C12H10N4O2S. The topological polar surface area (TPSA) is 73.9 Å². The number of hydrogen-bond acceptors (Lipinski definition) is 7. The summed E-state index contributed by atoms with van der Waals surface area (Å²) in [6.45, 7) is 1.84. The van der Waals surface area contributed by atoms with Crippen LogP contribution in [0.5, 0.6) is 6.01 Å². The van der Waals surface area contributed by atoms with E-state index in [2.05, 4.69) is 20.1 Å². The van der Waals surface area contributed by atoms with E-state index in [1.165, 1.54) is 7.11 Å². The largest absolute Gasteiger partial charge is 0.467 e. The number of nitrogens with zero attached hydrogens (tertiary/aromatic N) is 4. The van der Waals surface area contributed by atoms with E-state index >= 15 is 0 Å². The standard InChI is InChI=1S/C12H10N4O2S/c1-7-8(6-13-12(14-7)17-2)11-15-10(16-18-11)9-4-3-5-19-9/h3-6H,1-2H3. The Balaban J connectivity index is 1.99. The third-order valence-corrected chi connectivity index (χ3v) is 3.40. The summed E-state index contributed by atoms with van der Waals surface area (Å²) in [7, 11) is 1.52. The van der Waals surface area contributed by atoms with E-state index in [0.29, 0.717) is 23.3 Å². The zero-order valence-electron chi connectivity index (χ0n) is 10.3. The van der Waals surface area contributed by atoms with Crippen LogP contribution in [0.1, 0.15) is 5.69 Å². The molecule has 0 radical (unpaired) electrons. The summed E-state index contributed by atoms with van der Waals surface area (Å²) >= 11 is 1.56. The van der Waals surface area contributed by atoms with E-state index in [9.17, 15) is 0 Å². The zero-order chi connectivity index (χ0) is 13.2. The first kappa shape index (κ1) is 11.8. The highest BCUT2D eigenvalue weighted by Gasteiger charge is 2.15. The van der Waals surface area contributed by atoms with Gasteiger partial charge in [0.25, 0.3) is 5.89 Å². The first-order valence-electron chi connectivity index (χ1n) is 5.53. The smallest absolute Gasteiger partial charge is 0.316 e. The molecule has 0 aliphatic carbocycles. The highest BCUT2D eigenvalue weighted by atomic mass is 32.1. The van der Waals surface area contributed by atoms with Crippen LogP contribution in [0.2, 0.25) is 0 Å². The van der Waals surface area contributed by atoms with Gasteiger partial charge in [0.1, 0.15) is 0 Å². The Bertz CT molecular complexity index is 694. The summed E-state index contributed by atoms with van der Waals surface area (Å²) in [6, 6.07) is 4.20. The van der Waals surface area contributed by atoms with Gasteiger partial charge >= 0.3 is 6.01 Å². The van der Waals surface area contributed by atoms with E-state index in [-0.39, 0.29) is 0 Å². The molecule has 0 spiro atoms. The second-order valence-electron chi connectivity index (χ2n) is 3.76. The number of thiophene rings is 1. The Morgan fingerprint density at radius 1 is 1.32 bits per heavy atom.